The minimum absolute atomic E-state index is 0.171. The molecule has 166 valence electrons. The molecule has 2 aromatic rings. The number of sulfonamides is 1. The van der Waals surface area contributed by atoms with Gasteiger partial charge >= 0.3 is 0 Å². The number of amides is 1. The number of hydrogen-bond donors (Lipinski definition) is 2. The second kappa shape index (κ2) is 11.1. The fourth-order valence-electron chi connectivity index (χ4n) is 3.17. The zero-order valence-corrected chi connectivity index (χ0v) is 18.5. The lowest BCUT2D eigenvalue weighted by atomic mass is 10.2. The van der Waals surface area contributed by atoms with E-state index in [0.29, 0.717) is 17.8 Å². The highest BCUT2D eigenvalue weighted by atomic mass is 32.2. The van der Waals surface area contributed by atoms with Crippen molar-refractivity contribution in [2.24, 2.45) is 0 Å². The lowest BCUT2D eigenvalue weighted by molar-refractivity contribution is 0.0374. The van der Waals surface area contributed by atoms with Crippen molar-refractivity contribution in [2.75, 3.05) is 44.1 Å². The highest BCUT2D eigenvalue weighted by molar-refractivity contribution is 7.95. The molecule has 0 saturated carbocycles. The van der Waals surface area contributed by atoms with Gasteiger partial charge in [-0.3, -0.25) is 14.4 Å². The second-order valence-electron chi connectivity index (χ2n) is 7.50. The third kappa shape index (κ3) is 7.82. The summed E-state index contributed by atoms with van der Waals surface area (Å²) in [5.41, 5.74) is 2.80. The van der Waals surface area contributed by atoms with Crippen LogP contribution < -0.4 is 10.0 Å². The number of aryl methyl sites for hydroxylation is 1. The standard InChI is InChI=1S/C23H29N3O4S/c1-19-3-5-20(6-4-19)11-18-31(28,29)25-22-9-7-21(8-10-22)23(27)24-12-2-13-26-14-16-30-17-15-26/h3-11,18,25H,2,12-17H2,1H3,(H,24,27)/b18-11+. The Balaban J connectivity index is 1.46. The second-order valence-corrected chi connectivity index (χ2v) is 9.07. The highest BCUT2D eigenvalue weighted by Gasteiger charge is 2.11. The van der Waals surface area contributed by atoms with Gasteiger partial charge in [-0.15, -0.1) is 0 Å². The van der Waals surface area contributed by atoms with E-state index in [4.69, 9.17) is 4.74 Å². The van der Waals surface area contributed by atoms with E-state index in [2.05, 4.69) is 14.9 Å². The molecule has 1 amide bonds. The van der Waals surface area contributed by atoms with Crippen molar-refractivity contribution in [3.05, 3.63) is 70.6 Å². The maximum absolute atomic E-state index is 12.3. The van der Waals surface area contributed by atoms with Gasteiger partial charge in [0.2, 0.25) is 0 Å². The van der Waals surface area contributed by atoms with Crippen LogP contribution in [0, 0.1) is 6.92 Å². The van der Waals surface area contributed by atoms with Gasteiger partial charge in [-0.25, -0.2) is 8.42 Å². The quantitative estimate of drug-likeness (QED) is 0.582. The summed E-state index contributed by atoms with van der Waals surface area (Å²) < 4.78 is 32.4. The van der Waals surface area contributed by atoms with Gasteiger partial charge in [0.25, 0.3) is 15.9 Å². The fourth-order valence-corrected chi connectivity index (χ4v) is 4.03. The minimum atomic E-state index is -3.65. The molecule has 0 spiro atoms. The number of rotatable bonds is 9. The van der Waals surface area contributed by atoms with Crippen LogP contribution in [0.1, 0.15) is 27.9 Å². The normalized spacial score (nSPS) is 15.1. The molecular weight excluding hydrogens is 414 g/mol. The molecule has 0 unspecified atom stereocenters. The number of benzene rings is 2. The van der Waals surface area contributed by atoms with Crippen LogP contribution >= 0.6 is 0 Å². The molecule has 0 aliphatic carbocycles. The van der Waals surface area contributed by atoms with E-state index in [0.717, 1.165) is 55.8 Å². The molecule has 0 radical (unpaired) electrons. The summed E-state index contributed by atoms with van der Waals surface area (Å²) in [6.07, 6.45) is 2.41. The largest absolute Gasteiger partial charge is 0.379 e. The van der Waals surface area contributed by atoms with E-state index >= 15 is 0 Å². The van der Waals surface area contributed by atoms with Crippen LogP contribution in [-0.2, 0) is 14.8 Å². The molecule has 31 heavy (non-hydrogen) atoms. The molecule has 8 heteroatoms. The van der Waals surface area contributed by atoms with Gasteiger partial charge in [0.1, 0.15) is 0 Å². The van der Waals surface area contributed by atoms with Gasteiger partial charge in [-0.1, -0.05) is 29.8 Å². The van der Waals surface area contributed by atoms with E-state index in [-0.39, 0.29) is 5.91 Å². The monoisotopic (exact) mass is 443 g/mol. The summed E-state index contributed by atoms with van der Waals surface area (Å²) in [5.74, 6) is -0.171. The van der Waals surface area contributed by atoms with Crippen LogP contribution in [0.15, 0.2) is 53.9 Å². The zero-order valence-electron chi connectivity index (χ0n) is 17.7. The average molecular weight is 444 g/mol. The van der Waals surface area contributed by atoms with Crippen LogP contribution in [0.3, 0.4) is 0 Å². The SMILES string of the molecule is Cc1ccc(/C=C/S(=O)(=O)Nc2ccc(C(=O)NCCCN3CCOCC3)cc2)cc1. The van der Waals surface area contributed by atoms with Crippen molar-refractivity contribution in [3.63, 3.8) is 0 Å². The number of carbonyl (C=O) groups excluding carboxylic acids is 1. The van der Waals surface area contributed by atoms with Crippen LogP contribution in [0.25, 0.3) is 6.08 Å². The van der Waals surface area contributed by atoms with Crippen LogP contribution in [0.5, 0.6) is 0 Å². The topological polar surface area (TPSA) is 87.7 Å². The van der Waals surface area contributed by atoms with Crippen molar-refractivity contribution in [1.82, 2.24) is 10.2 Å². The smallest absolute Gasteiger partial charge is 0.255 e. The molecule has 0 atom stereocenters. The van der Waals surface area contributed by atoms with Crippen molar-refractivity contribution >= 4 is 27.7 Å². The number of morpholine rings is 1. The molecule has 1 fully saturated rings. The van der Waals surface area contributed by atoms with Crippen LogP contribution in [0.4, 0.5) is 5.69 Å². The molecule has 1 aliphatic rings. The van der Waals surface area contributed by atoms with Gasteiger partial charge in [0.05, 0.1) is 18.6 Å². The van der Waals surface area contributed by atoms with Gasteiger partial charge in [0.15, 0.2) is 0 Å². The Bertz CT molecular complexity index is 980. The van der Waals surface area contributed by atoms with E-state index < -0.39 is 10.0 Å². The summed E-state index contributed by atoms with van der Waals surface area (Å²) in [6.45, 7) is 6.90. The number of nitrogens with one attached hydrogen (secondary N) is 2. The van der Waals surface area contributed by atoms with Gasteiger partial charge in [0, 0.05) is 30.9 Å². The average Bonchev–Trinajstić information content (AvgIpc) is 2.77. The summed E-state index contributed by atoms with van der Waals surface area (Å²) in [7, 11) is -3.65. The molecule has 1 saturated heterocycles. The fraction of sp³-hybridized carbons (Fsp3) is 0.348. The molecule has 2 aromatic carbocycles. The Hall–Kier alpha value is -2.68. The molecule has 1 aliphatic heterocycles. The Labute approximate surface area is 184 Å². The first-order chi connectivity index (χ1) is 14.9. The third-order valence-electron chi connectivity index (χ3n) is 4.96. The predicted octanol–water partition coefficient (Wildman–Crippen LogP) is 2.86. The van der Waals surface area contributed by atoms with Gasteiger partial charge in [-0.2, -0.15) is 0 Å². The Morgan fingerprint density at radius 2 is 1.74 bits per heavy atom. The van der Waals surface area contributed by atoms with Crippen molar-refractivity contribution in [2.45, 2.75) is 13.3 Å². The Morgan fingerprint density at radius 1 is 1.06 bits per heavy atom. The molecule has 0 bridgehead atoms. The Kier molecular flexibility index (Phi) is 8.22. The third-order valence-corrected chi connectivity index (χ3v) is 5.98. The van der Waals surface area contributed by atoms with E-state index in [1.165, 1.54) is 0 Å². The molecular formula is C23H29N3O4S. The zero-order chi connectivity index (χ0) is 22.1. The lowest BCUT2D eigenvalue weighted by Gasteiger charge is -2.26. The highest BCUT2D eigenvalue weighted by Crippen LogP contribution is 2.13. The molecule has 3 rings (SSSR count). The summed E-state index contributed by atoms with van der Waals surface area (Å²) in [5, 5.41) is 4.03. The van der Waals surface area contributed by atoms with Crippen LogP contribution in [-0.4, -0.2) is 58.6 Å². The molecule has 7 nitrogen and oxygen atoms in total. The van der Waals surface area contributed by atoms with E-state index in [1.807, 2.05) is 31.2 Å². The molecule has 2 N–H and O–H groups in total. The number of nitrogens with zero attached hydrogens (tertiary/aromatic N) is 1. The number of carbonyl (C=O) groups is 1. The number of ether oxygens (including phenoxy) is 1. The first-order valence-corrected chi connectivity index (χ1v) is 11.9. The van der Waals surface area contributed by atoms with Gasteiger partial charge in [-0.05, 0) is 55.8 Å². The maximum atomic E-state index is 12.3. The molecule has 1 heterocycles. The summed E-state index contributed by atoms with van der Waals surface area (Å²) in [6, 6.07) is 13.9. The van der Waals surface area contributed by atoms with Crippen molar-refractivity contribution in [3.8, 4) is 0 Å². The van der Waals surface area contributed by atoms with E-state index in [1.54, 1.807) is 30.3 Å². The number of anilines is 1. The van der Waals surface area contributed by atoms with Crippen molar-refractivity contribution < 1.29 is 17.9 Å². The lowest BCUT2D eigenvalue weighted by Crippen LogP contribution is -2.38. The Morgan fingerprint density at radius 3 is 2.42 bits per heavy atom. The predicted molar refractivity (Wildman–Crippen MR) is 123 cm³/mol. The first kappa shape index (κ1) is 23.0. The minimum Gasteiger partial charge on any atom is -0.379 e. The van der Waals surface area contributed by atoms with Crippen molar-refractivity contribution in [1.29, 1.82) is 0 Å². The number of hydrogen-bond acceptors (Lipinski definition) is 5. The maximum Gasteiger partial charge on any atom is 0.255 e. The first-order valence-electron chi connectivity index (χ1n) is 10.4. The van der Waals surface area contributed by atoms with E-state index in [9.17, 15) is 13.2 Å². The van der Waals surface area contributed by atoms with Crippen LogP contribution in [0.2, 0.25) is 0 Å². The van der Waals surface area contributed by atoms with Gasteiger partial charge < -0.3 is 10.1 Å². The molecule has 0 aromatic heterocycles. The summed E-state index contributed by atoms with van der Waals surface area (Å²) >= 11 is 0. The summed E-state index contributed by atoms with van der Waals surface area (Å²) in [4.78, 5) is 14.6.